The third-order valence-corrected chi connectivity index (χ3v) is 4.49. The molecule has 0 atom stereocenters. The van der Waals surface area contributed by atoms with Gasteiger partial charge in [-0.15, -0.1) is 0 Å². The number of nitrogens with zero attached hydrogens (tertiary/aromatic N) is 2. The van der Waals surface area contributed by atoms with Crippen molar-refractivity contribution >= 4 is 21.7 Å². The predicted molar refractivity (Wildman–Crippen MR) is 83.5 cm³/mol. The standard InChI is InChI=1S/C13H22N4O2S/c1-10-7-11(2)9-12(8-10)16-13(14)15-5-6-20(18,19)17(3)4/h7-9H,5-6H2,1-4H3,(H3,14,15,16). The summed E-state index contributed by atoms with van der Waals surface area (Å²) in [5, 5.41) is 2.96. The van der Waals surface area contributed by atoms with Gasteiger partial charge < -0.3 is 11.1 Å². The molecule has 0 aliphatic rings. The number of nitrogens with two attached hydrogens (primary N) is 1. The molecule has 0 aromatic heterocycles. The molecule has 0 aliphatic heterocycles. The van der Waals surface area contributed by atoms with E-state index in [1.807, 2.05) is 26.0 Å². The largest absolute Gasteiger partial charge is 0.370 e. The van der Waals surface area contributed by atoms with Crippen LogP contribution in [0, 0.1) is 13.8 Å². The van der Waals surface area contributed by atoms with Crippen LogP contribution in [0.1, 0.15) is 11.1 Å². The van der Waals surface area contributed by atoms with E-state index in [0.717, 1.165) is 16.8 Å². The predicted octanol–water partition coefficient (Wildman–Crippen LogP) is 0.921. The Labute approximate surface area is 120 Å². The molecule has 0 spiro atoms. The lowest BCUT2D eigenvalue weighted by Gasteiger charge is -2.10. The van der Waals surface area contributed by atoms with Gasteiger partial charge in [0.05, 0.1) is 12.3 Å². The van der Waals surface area contributed by atoms with Gasteiger partial charge in [0.25, 0.3) is 0 Å². The second-order valence-electron chi connectivity index (χ2n) is 4.87. The summed E-state index contributed by atoms with van der Waals surface area (Å²) in [4.78, 5) is 4.02. The van der Waals surface area contributed by atoms with Gasteiger partial charge >= 0.3 is 0 Å². The highest BCUT2D eigenvalue weighted by molar-refractivity contribution is 7.89. The van der Waals surface area contributed by atoms with Crippen molar-refractivity contribution in [3.8, 4) is 0 Å². The van der Waals surface area contributed by atoms with E-state index in [0.29, 0.717) is 0 Å². The Morgan fingerprint density at radius 2 is 1.80 bits per heavy atom. The van der Waals surface area contributed by atoms with Crippen molar-refractivity contribution in [1.82, 2.24) is 4.31 Å². The number of aryl methyl sites for hydroxylation is 2. The van der Waals surface area contributed by atoms with Gasteiger partial charge in [-0.2, -0.15) is 0 Å². The number of hydrogen-bond acceptors (Lipinski definition) is 3. The van der Waals surface area contributed by atoms with Crippen LogP contribution in [0.2, 0.25) is 0 Å². The van der Waals surface area contributed by atoms with Crippen LogP contribution in [0.4, 0.5) is 5.69 Å². The molecule has 0 fully saturated rings. The summed E-state index contributed by atoms with van der Waals surface area (Å²) in [6.07, 6.45) is 0. The van der Waals surface area contributed by atoms with E-state index in [4.69, 9.17) is 5.73 Å². The van der Waals surface area contributed by atoms with Crippen molar-refractivity contribution in [2.45, 2.75) is 13.8 Å². The molecule has 7 heteroatoms. The molecule has 0 saturated carbocycles. The molecule has 0 bridgehead atoms. The van der Waals surface area contributed by atoms with E-state index in [2.05, 4.69) is 16.4 Å². The Morgan fingerprint density at radius 3 is 2.30 bits per heavy atom. The number of hydrogen-bond donors (Lipinski definition) is 2. The zero-order chi connectivity index (χ0) is 15.3. The Hall–Kier alpha value is -1.60. The maximum atomic E-state index is 11.6. The molecule has 0 unspecified atom stereocenters. The molecule has 6 nitrogen and oxygen atoms in total. The van der Waals surface area contributed by atoms with Crippen molar-refractivity contribution in [3.05, 3.63) is 29.3 Å². The Kier molecular flexibility index (Phi) is 5.52. The van der Waals surface area contributed by atoms with Crippen LogP contribution in [-0.2, 0) is 10.0 Å². The molecule has 3 N–H and O–H groups in total. The summed E-state index contributed by atoms with van der Waals surface area (Å²) in [5.74, 6) is 0.152. The fourth-order valence-electron chi connectivity index (χ4n) is 1.70. The van der Waals surface area contributed by atoms with Crippen LogP contribution in [0.15, 0.2) is 23.2 Å². The maximum Gasteiger partial charge on any atom is 0.215 e. The van der Waals surface area contributed by atoms with Crippen molar-refractivity contribution in [2.24, 2.45) is 10.7 Å². The average Bonchev–Trinajstić information content (AvgIpc) is 2.26. The smallest absolute Gasteiger partial charge is 0.215 e. The highest BCUT2D eigenvalue weighted by atomic mass is 32.2. The van der Waals surface area contributed by atoms with Crippen LogP contribution in [0.5, 0.6) is 0 Å². The van der Waals surface area contributed by atoms with Crippen molar-refractivity contribution in [2.75, 3.05) is 31.7 Å². The van der Waals surface area contributed by atoms with Gasteiger partial charge in [-0.3, -0.25) is 4.99 Å². The van der Waals surface area contributed by atoms with Gasteiger partial charge in [0.2, 0.25) is 10.0 Å². The van der Waals surface area contributed by atoms with Crippen LogP contribution >= 0.6 is 0 Å². The number of anilines is 1. The number of guanidine groups is 1. The zero-order valence-corrected chi connectivity index (χ0v) is 13.2. The number of nitrogens with one attached hydrogen (secondary N) is 1. The van der Waals surface area contributed by atoms with Crippen LogP contribution in [0.3, 0.4) is 0 Å². The van der Waals surface area contributed by atoms with Gasteiger partial charge in [0, 0.05) is 19.8 Å². The van der Waals surface area contributed by atoms with E-state index in [1.54, 1.807) is 0 Å². The molecule has 0 heterocycles. The molecular weight excluding hydrogens is 276 g/mol. The average molecular weight is 298 g/mol. The minimum Gasteiger partial charge on any atom is -0.370 e. The lowest BCUT2D eigenvalue weighted by molar-refractivity contribution is 0.521. The van der Waals surface area contributed by atoms with Gasteiger partial charge in [-0.1, -0.05) is 6.07 Å². The molecule has 0 saturated heterocycles. The Morgan fingerprint density at radius 1 is 1.25 bits per heavy atom. The summed E-state index contributed by atoms with van der Waals surface area (Å²) >= 11 is 0. The second-order valence-corrected chi connectivity index (χ2v) is 7.17. The maximum absolute atomic E-state index is 11.6. The van der Waals surface area contributed by atoms with Crippen molar-refractivity contribution in [1.29, 1.82) is 0 Å². The number of sulfonamides is 1. The van der Waals surface area contributed by atoms with E-state index in [-0.39, 0.29) is 18.3 Å². The topological polar surface area (TPSA) is 87.8 Å². The molecule has 20 heavy (non-hydrogen) atoms. The summed E-state index contributed by atoms with van der Waals surface area (Å²) in [6, 6.07) is 5.96. The first-order valence-electron chi connectivity index (χ1n) is 6.26. The summed E-state index contributed by atoms with van der Waals surface area (Å²) in [6.45, 7) is 4.12. The molecule has 1 rings (SSSR count). The van der Waals surface area contributed by atoms with Gasteiger partial charge in [-0.25, -0.2) is 12.7 Å². The zero-order valence-electron chi connectivity index (χ0n) is 12.3. The molecule has 0 aliphatic carbocycles. The van der Waals surface area contributed by atoms with Crippen LogP contribution < -0.4 is 11.1 Å². The first-order valence-corrected chi connectivity index (χ1v) is 7.87. The summed E-state index contributed by atoms with van der Waals surface area (Å²) in [5.41, 5.74) is 8.83. The fraction of sp³-hybridized carbons (Fsp3) is 0.462. The lowest BCUT2D eigenvalue weighted by atomic mass is 10.1. The normalized spacial score (nSPS) is 12.8. The summed E-state index contributed by atoms with van der Waals surface area (Å²) in [7, 11) is -0.245. The first kappa shape index (κ1) is 16.5. The number of rotatable bonds is 5. The highest BCUT2D eigenvalue weighted by Crippen LogP contribution is 2.13. The fourth-order valence-corrected chi connectivity index (χ4v) is 2.39. The monoisotopic (exact) mass is 298 g/mol. The Balaban J connectivity index is 2.62. The minimum atomic E-state index is -3.24. The molecule has 112 valence electrons. The minimum absolute atomic E-state index is 0.0603. The first-order chi connectivity index (χ1) is 9.20. The lowest BCUT2D eigenvalue weighted by Crippen LogP contribution is -2.28. The number of aliphatic imine (C=N–C) groups is 1. The summed E-state index contributed by atoms with van der Waals surface area (Å²) < 4.78 is 24.3. The van der Waals surface area contributed by atoms with Crippen molar-refractivity contribution < 1.29 is 8.42 Å². The second kappa shape index (κ2) is 6.71. The van der Waals surface area contributed by atoms with E-state index in [1.165, 1.54) is 18.4 Å². The quantitative estimate of drug-likeness (QED) is 0.625. The highest BCUT2D eigenvalue weighted by Gasteiger charge is 2.12. The van der Waals surface area contributed by atoms with Crippen molar-refractivity contribution in [3.63, 3.8) is 0 Å². The van der Waals surface area contributed by atoms with Gasteiger partial charge in [-0.05, 0) is 37.1 Å². The van der Waals surface area contributed by atoms with Gasteiger partial charge in [0.1, 0.15) is 0 Å². The molecular formula is C13H22N4O2S. The molecule has 0 radical (unpaired) electrons. The van der Waals surface area contributed by atoms with Gasteiger partial charge in [0.15, 0.2) is 5.96 Å². The molecule has 0 amide bonds. The molecule has 1 aromatic carbocycles. The van der Waals surface area contributed by atoms with Crippen LogP contribution in [-0.4, -0.2) is 45.1 Å². The van der Waals surface area contributed by atoms with E-state index >= 15 is 0 Å². The third kappa shape index (κ3) is 5.18. The number of benzene rings is 1. The third-order valence-electron chi connectivity index (χ3n) is 2.68. The Bertz CT molecular complexity index is 574. The van der Waals surface area contributed by atoms with E-state index < -0.39 is 10.0 Å². The van der Waals surface area contributed by atoms with E-state index in [9.17, 15) is 8.42 Å². The van der Waals surface area contributed by atoms with Crippen LogP contribution in [0.25, 0.3) is 0 Å². The molecule has 1 aromatic rings. The SMILES string of the molecule is Cc1cc(C)cc(NC(N)=NCCS(=O)(=O)N(C)C)c1.